The summed E-state index contributed by atoms with van der Waals surface area (Å²) >= 11 is 0. The summed E-state index contributed by atoms with van der Waals surface area (Å²) in [5.74, 6) is 0. The molecular weight excluding hydrogens is 200 g/mol. The fourth-order valence-electron chi connectivity index (χ4n) is 1.79. The highest BCUT2D eigenvalue weighted by Crippen LogP contribution is 2.21. The highest BCUT2D eigenvalue weighted by atomic mass is 15.3. The molecular formula is C12H10N4. The Morgan fingerprint density at radius 1 is 1.06 bits per heavy atom. The lowest BCUT2D eigenvalue weighted by atomic mass is 10.2. The first-order valence-corrected chi connectivity index (χ1v) is 5.07. The summed E-state index contributed by atoms with van der Waals surface area (Å²) in [6, 6.07) is 7.74. The van der Waals surface area contributed by atoms with Gasteiger partial charge in [0.1, 0.15) is 0 Å². The lowest BCUT2D eigenvalue weighted by Crippen LogP contribution is -1.91. The molecule has 0 spiro atoms. The second kappa shape index (κ2) is 3.41. The second-order valence-corrected chi connectivity index (χ2v) is 3.58. The van der Waals surface area contributed by atoms with Gasteiger partial charge in [-0.25, -0.2) is 9.50 Å². The van der Waals surface area contributed by atoms with Gasteiger partial charge < -0.3 is 0 Å². The molecule has 0 atom stereocenters. The average Bonchev–Trinajstić information content (AvgIpc) is 2.69. The van der Waals surface area contributed by atoms with E-state index in [0.29, 0.717) is 0 Å². The van der Waals surface area contributed by atoms with E-state index in [4.69, 9.17) is 0 Å². The summed E-state index contributed by atoms with van der Waals surface area (Å²) in [5, 5.41) is 4.27. The molecule has 4 nitrogen and oxygen atoms in total. The third-order valence-electron chi connectivity index (χ3n) is 2.57. The minimum Gasteiger partial charge on any atom is -0.265 e. The van der Waals surface area contributed by atoms with Gasteiger partial charge in [-0.2, -0.15) is 5.10 Å². The number of hydrogen-bond donors (Lipinski definition) is 0. The van der Waals surface area contributed by atoms with Crippen LogP contribution in [0.3, 0.4) is 0 Å². The fourth-order valence-corrected chi connectivity index (χ4v) is 1.79. The largest absolute Gasteiger partial charge is 0.265 e. The van der Waals surface area contributed by atoms with Crippen molar-refractivity contribution in [3.63, 3.8) is 0 Å². The van der Waals surface area contributed by atoms with Gasteiger partial charge in [0.15, 0.2) is 5.65 Å². The average molecular weight is 210 g/mol. The van der Waals surface area contributed by atoms with Crippen molar-refractivity contribution in [3.05, 3.63) is 48.5 Å². The van der Waals surface area contributed by atoms with E-state index in [1.54, 1.807) is 18.6 Å². The van der Waals surface area contributed by atoms with E-state index in [1.165, 1.54) is 0 Å². The third-order valence-corrected chi connectivity index (χ3v) is 2.57. The Morgan fingerprint density at radius 2 is 1.88 bits per heavy atom. The van der Waals surface area contributed by atoms with Crippen molar-refractivity contribution in [2.24, 2.45) is 0 Å². The molecule has 3 rings (SSSR count). The Hall–Kier alpha value is -2.23. The molecule has 0 aliphatic heterocycles. The minimum absolute atomic E-state index is 0.867. The first kappa shape index (κ1) is 9.03. The van der Waals surface area contributed by atoms with Crippen molar-refractivity contribution < 1.29 is 0 Å². The van der Waals surface area contributed by atoms with Gasteiger partial charge in [-0.3, -0.25) is 4.98 Å². The van der Waals surface area contributed by atoms with Gasteiger partial charge in [-0.15, -0.1) is 0 Å². The maximum Gasteiger partial charge on any atom is 0.154 e. The molecule has 0 bridgehead atoms. The number of hydrogen-bond acceptors (Lipinski definition) is 3. The number of pyridine rings is 1. The van der Waals surface area contributed by atoms with Gasteiger partial charge in [0.2, 0.25) is 0 Å². The zero-order chi connectivity index (χ0) is 11.0. The molecule has 16 heavy (non-hydrogen) atoms. The Balaban J connectivity index is 2.29. The number of fused-ring (bicyclic) bond motifs is 1. The highest BCUT2D eigenvalue weighted by Gasteiger charge is 2.09. The molecule has 0 fully saturated rings. The monoisotopic (exact) mass is 210 g/mol. The molecule has 3 aromatic heterocycles. The van der Waals surface area contributed by atoms with Gasteiger partial charge in [0.25, 0.3) is 0 Å². The summed E-state index contributed by atoms with van der Waals surface area (Å²) in [6.07, 6.45) is 5.30. The molecule has 4 heteroatoms. The van der Waals surface area contributed by atoms with Crippen molar-refractivity contribution in [1.29, 1.82) is 0 Å². The third kappa shape index (κ3) is 1.27. The van der Waals surface area contributed by atoms with E-state index in [-0.39, 0.29) is 0 Å². The number of nitrogens with zero attached hydrogens (tertiary/aromatic N) is 4. The smallest absolute Gasteiger partial charge is 0.154 e. The first-order chi connectivity index (χ1) is 7.86. The molecule has 0 unspecified atom stereocenters. The lowest BCUT2D eigenvalue weighted by molar-refractivity contribution is 0.900. The van der Waals surface area contributed by atoms with E-state index in [9.17, 15) is 0 Å². The van der Waals surface area contributed by atoms with Crippen LogP contribution in [0.25, 0.3) is 16.9 Å². The van der Waals surface area contributed by atoms with E-state index in [2.05, 4.69) is 15.1 Å². The summed E-state index contributed by atoms with van der Waals surface area (Å²) in [4.78, 5) is 8.56. The van der Waals surface area contributed by atoms with Crippen LogP contribution in [-0.2, 0) is 0 Å². The summed E-state index contributed by atoms with van der Waals surface area (Å²) < 4.78 is 1.84. The van der Waals surface area contributed by atoms with Crippen molar-refractivity contribution in [2.75, 3.05) is 0 Å². The van der Waals surface area contributed by atoms with Crippen LogP contribution in [0.4, 0.5) is 0 Å². The van der Waals surface area contributed by atoms with Crippen molar-refractivity contribution in [1.82, 2.24) is 19.6 Å². The van der Waals surface area contributed by atoms with Crippen LogP contribution in [0.5, 0.6) is 0 Å². The van der Waals surface area contributed by atoms with Crippen LogP contribution in [0, 0.1) is 6.92 Å². The predicted molar refractivity (Wildman–Crippen MR) is 61.0 cm³/mol. The molecule has 3 heterocycles. The molecule has 78 valence electrons. The van der Waals surface area contributed by atoms with E-state index in [0.717, 1.165) is 22.6 Å². The van der Waals surface area contributed by atoms with Gasteiger partial charge >= 0.3 is 0 Å². The minimum atomic E-state index is 0.867. The number of imidazole rings is 1. The van der Waals surface area contributed by atoms with Gasteiger partial charge in [0.05, 0.1) is 11.4 Å². The van der Waals surface area contributed by atoms with Crippen molar-refractivity contribution >= 4 is 5.65 Å². The Morgan fingerprint density at radius 3 is 2.62 bits per heavy atom. The maximum absolute atomic E-state index is 4.56. The van der Waals surface area contributed by atoms with Crippen LogP contribution >= 0.6 is 0 Å². The zero-order valence-corrected chi connectivity index (χ0v) is 8.83. The van der Waals surface area contributed by atoms with Crippen molar-refractivity contribution in [3.8, 4) is 11.3 Å². The summed E-state index contributed by atoms with van der Waals surface area (Å²) in [6.45, 7) is 2.02. The summed E-state index contributed by atoms with van der Waals surface area (Å²) in [5.41, 5.74) is 3.94. The van der Waals surface area contributed by atoms with E-state index >= 15 is 0 Å². The first-order valence-electron chi connectivity index (χ1n) is 5.07. The molecule has 0 amide bonds. The molecule has 0 saturated heterocycles. The SMILES string of the molecule is Cc1c(-c2ccncc2)nc2cccnn12. The van der Waals surface area contributed by atoms with Crippen molar-refractivity contribution in [2.45, 2.75) is 6.92 Å². The van der Waals surface area contributed by atoms with Crippen LogP contribution in [-0.4, -0.2) is 19.6 Å². The normalized spacial score (nSPS) is 10.8. The van der Waals surface area contributed by atoms with Crippen LogP contribution in [0.1, 0.15) is 5.69 Å². The molecule has 0 N–H and O–H groups in total. The zero-order valence-electron chi connectivity index (χ0n) is 8.83. The Kier molecular flexibility index (Phi) is 1.93. The molecule has 0 aromatic carbocycles. The van der Waals surface area contributed by atoms with E-state index < -0.39 is 0 Å². The van der Waals surface area contributed by atoms with Crippen LogP contribution < -0.4 is 0 Å². The number of aryl methyl sites for hydroxylation is 1. The second-order valence-electron chi connectivity index (χ2n) is 3.58. The summed E-state index contributed by atoms with van der Waals surface area (Å²) in [7, 11) is 0. The van der Waals surface area contributed by atoms with Gasteiger partial charge in [0, 0.05) is 24.2 Å². The van der Waals surface area contributed by atoms with Crippen LogP contribution in [0.15, 0.2) is 42.9 Å². The molecule has 0 aliphatic carbocycles. The number of rotatable bonds is 1. The number of aromatic nitrogens is 4. The molecule has 0 saturated carbocycles. The highest BCUT2D eigenvalue weighted by molar-refractivity contribution is 5.65. The van der Waals surface area contributed by atoms with Gasteiger partial charge in [-0.1, -0.05) is 0 Å². The topological polar surface area (TPSA) is 43.1 Å². The van der Waals surface area contributed by atoms with Gasteiger partial charge in [-0.05, 0) is 31.2 Å². The maximum atomic E-state index is 4.56. The molecule has 0 radical (unpaired) electrons. The Labute approximate surface area is 92.6 Å². The quantitative estimate of drug-likeness (QED) is 0.617. The standard InChI is InChI=1S/C12H10N4/c1-9-12(10-4-7-13-8-5-10)15-11-3-2-6-14-16(9)11/h2-8H,1H3. The predicted octanol–water partition coefficient (Wildman–Crippen LogP) is 2.10. The Bertz CT molecular complexity index is 628. The lowest BCUT2D eigenvalue weighted by Gasteiger charge is -1.97. The van der Waals surface area contributed by atoms with Crippen LogP contribution in [0.2, 0.25) is 0 Å². The fraction of sp³-hybridized carbons (Fsp3) is 0.0833. The van der Waals surface area contributed by atoms with E-state index in [1.807, 2.05) is 35.7 Å². The molecule has 0 aliphatic rings. The molecule has 3 aromatic rings.